The Morgan fingerprint density at radius 2 is 1.69 bits per heavy atom. The molecular formula is C32H31F3N4O6. The van der Waals surface area contributed by atoms with E-state index < -0.39 is 35.5 Å². The van der Waals surface area contributed by atoms with Crippen LogP contribution in [0.3, 0.4) is 0 Å². The van der Waals surface area contributed by atoms with Crippen LogP contribution in [0.15, 0.2) is 83.9 Å². The van der Waals surface area contributed by atoms with Gasteiger partial charge in [0, 0.05) is 29.3 Å². The van der Waals surface area contributed by atoms with Crippen molar-refractivity contribution in [3.8, 4) is 5.75 Å². The summed E-state index contributed by atoms with van der Waals surface area (Å²) in [4.78, 5) is 40.4. The van der Waals surface area contributed by atoms with Crippen molar-refractivity contribution >= 4 is 34.7 Å². The molecule has 0 heterocycles. The topological polar surface area (TPSA) is 134 Å². The van der Waals surface area contributed by atoms with E-state index in [1.54, 1.807) is 29.2 Å². The molecule has 1 aliphatic rings. The van der Waals surface area contributed by atoms with Crippen molar-refractivity contribution in [3.63, 3.8) is 0 Å². The molecule has 0 atom stereocenters. The van der Waals surface area contributed by atoms with E-state index in [9.17, 15) is 32.9 Å². The first kappa shape index (κ1) is 32.7. The number of aliphatic carboxylic acids is 1. The maximum atomic E-state index is 12.6. The van der Waals surface area contributed by atoms with Gasteiger partial charge in [-0.25, -0.2) is 4.99 Å². The number of rotatable bonds is 12. The van der Waals surface area contributed by atoms with Crippen molar-refractivity contribution < 1.29 is 37.5 Å². The molecule has 3 aromatic rings. The number of carbonyl (C=O) groups is 2. The molecule has 0 radical (unpaired) electrons. The van der Waals surface area contributed by atoms with Gasteiger partial charge >= 0.3 is 12.3 Å². The molecule has 2 N–H and O–H groups in total. The number of ether oxygens (including phenoxy) is 1. The van der Waals surface area contributed by atoms with Crippen molar-refractivity contribution in [1.82, 2.24) is 5.32 Å². The second kappa shape index (κ2) is 15.0. The highest BCUT2D eigenvalue weighted by Crippen LogP contribution is 2.30. The number of amides is 1. The first-order valence-electron chi connectivity index (χ1n) is 14.2. The molecule has 1 amide bonds. The van der Waals surface area contributed by atoms with Crippen LogP contribution in [0, 0.1) is 10.1 Å². The molecule has 0 saturated carbocycles. The van der Waals surface area contributed by atoms with E-state index in [0.29, 0.717) is 16.8 Å². The minimum Gasteiger partial charge on any atom is -0.481 e. The third-order valence-electron chi connectivity index (χ3n) is 6.93. The third kappa shape index (κ3) is 10.2. The van der Waals surface area contributed by atoms with Crippen LogP contribution >= 0.6 is 0 Å². The lowest BCUT2D eigenvalue weighted by Crippen LogP contribution is -2.35. The number of alkyl halides is 3. The number of carbonyl (C=O) groups excluding carboxylic acids is 1. The molecule has 0 saturated heterocycles. The van der Waals surface area contributed by atoms with Crippen LogP contribution in [-0.2, 0) is 11.3 Å². The molecule has 1 aliphatic carbocycles. The molecule has 10 nitrogen and oxygen atoms in total. The Balaban J connectivity index is 1.66. The summed E-state index contributed by atoms with van der Waals surface area (Å²) in [5, 5.41) is 23.1. The van der Waals surface area contributed by atoms with E-state index in [2.05, 4.69) is 21.1 Å². The van der Waals surface area contributed by atoms with E-state index in [-0.39, 0.29) is 31.0 Å². The van der Waals surface area contributed by atoms with Crippen LogP contribution < -0.4 is 15.0 Å². The number of hydrogen-bond donors (Lipinski definition) is 2. The maximum absolute atomic E-state index is 12.6. The van der Waals surface area contributed by atoms with Gasteiger partial charge in [0.05, 0.1) is 12.1 Å². The average molecular weight is 625 g/mol. The van der Waals surface area contributed by atoms with Gasteiger partial charge in [-0.05, 0) is 90.9 Å². The number of nitro groups is 1. The largest absolute Gasteiger partial charge is 0.573 e. The molecule has 0 bridgehead atoms. The second-order valence-electron chi connectivity index (χ2n) is 10.3. The maximum Gasteiger partial charge on any atom is 0.573 e. The number of nitrogens with zero attached hydrogens (tertiary/aromatic N) is 3. The van der Waals surface area contributed by atoms with Gasteiger partial charge in [0.1, 0.15) is 5.75 Å². The van der Waals surface area contributed by atoms with Crippen LogP contribution in [0.5, 0.6) is 5.75 Å². The number of benzene rings is 3. The summed E-state index contributed by atoms with van der Waals surface area (Å²) in [7, 11) is 0. The number of nitrogens with one attached hydrogen (secondary N) is 1. The first-order chi connectivity index (χ1) is 21.5. The Hall–Kier alpha value is -5.20. The van der Waals surface area contributed by atoms with Gasteiger partial charge in [-0.3, -0.25) is 19.7 Å². The number of halogens is 3. The Kier molecular flexibility index (Phi) is 10.9. The molecular weight excluding hydrogens is 593 g/mol. The lowest BCUT2D eigenvalue weighted by atomic mass is 9.93. The fourth-order valence-electron chi connectivity index (χ4n) is 4.78. The zero-order chi connectivity index (χ0) is 32.4. The quantitative estimate of drug-likeness (QED) is 0.0984. The van der Waals surface area contributed by atoms with Crippen LogP contribution in [0.2, 0.25) is 0 Å². The number of hydrogen-bond acceptors (Lipinski definition) is 6. The van der Waals surface area contributed by atoms with Crippen molar-refractivity contribution in [2.24, 2.45) is 4.99 Å². The lowest BCUT2D eigenvalue weighted by Gasteiger charge is -2.25. The summed E-state index contributed by atoms with van der Waals surface area (Å²) >= 11 is 0. The molecule has 0 unspecified atom stereocenters. The average Bonchev–Trinajstić information content (AvgIpc) is 3.00. The Bertz CT molecular complexity index is 1550. The molecule has 236 valence electrons. The van der Waals surface area contributed by atoms with Gasteiger partial charge in [-0.15, -0.1) is 13.2 Å². The van der Waals surface area contributed by atoms with Gasteiger partial charge in [-0.1, -0.05) is 30.3 Å². The van der Waals surface area contributed by atoms with E-state index in [1.807, 2.05) is 24.3 Å². The van der Waals surface area contributed by atoms with Gasteiger partial charge < -0.3 is 20.1 Å². The summed E-state index contributed by atoms with van der Waals surface area (Å²) in [6, 6.07) is 18.7. The SMILES string of the molecule is O=C(O)CCNC(=O)c1ccc(CN(C(C[N+](=O)[O-])=Nc2ccc(OC(F)(F)F)cc2)c2ccc(C3=CCCCC3)cc2)cc1. The van der Waals surface area contributed by atoms with Crippen LogP contribution in [0.25, 0.3) is 5.57 Å². The molecule has 13 heteroatoms. The number of allylic oxidation sites excluding steroid dienone is 2. The van der Waals surface area contributed by atoms with E-state index in [4.69, 9.17) is 5.11 Å². The van der Waals surface area contributed by atoms with Gasteiger partial charge in [-0.2, -0.15) is 0 Å². The second-order valence-corrected chi connectivity index (χ2v) is 10.3. The zero-order valence-electron chi connectivity index (χ0n) is 24.1. The number of anilines is 1. The minimum atomic E-state index is -4.87. The number of aliphatic imine (C=N–C) groups is 1. The third-order valence-corrected chi connectivity index (χ3v) is 6.93. The van der Waals surface area contributed by atoms with Gasteiger partial charge in [0.25, 0.3) is 12.5 Å². The highest BCUT2D eigenvalue weighted by Gasteiger charge is 2.31. The minimum absolute atomic E-state index is 0.0272. The van der Waals surface area contributed by atoms with Crippen molar-refractivity contribution in [1.29, 1.82) is 0 Å². The number of amidine groups is 1. The van der Waals surface area contributed by atoms with E-state index >= 15 is 0 Å². The van der Waals surface area contributed by atoms with Crippen molar-refractivity contribution in [2.75, 3.05) is 18.0 Å². The Labute approximate surface area is 257 Å². The Morgan fingerprint density at radius 1 is 1.00 bits per heavy atom. The fourth-order valence-corrected chi connectivity index (χ4v) is 4.78. The highest BCUT2D eigenvalue weighted by atomic mass is 19.4. The number of carboxylic acids is 1. The van der Waals surface area contributed by atoms with E-state index in [1.165, 1.54) is 17.7 Å². The molecule has 45 heavy (non-hydrogen) atoms. The molecule has 0 aromatic heterocycles. The first-order valence-corrected chi connectivity index (χ1v) is 14.2. The zero-order valence-corrected chi connectivity index (χ0v) is 24.1. The predicted molar refractivity (Wildman–Crippen MR) is 162 cm³/mol. The summed E-state index contributed by atoms with van der Waals surface area (Å²) in [6.45, 7) is -0.594. The van der Waals surface area contributed by atoms with Crippen LogP contribution in [0.1, 0.15) is 53.6 Å². The molecule has 4 rings (SSSR count). The van der Waals surface area contributed by atoms with Gasteiger partial charge in [0.15, 0.2) is 5.84 Å². The number of carboxylic acid groups (broad SMARTS) is 1. The normalized spacial score (nSPS) is 13.5. The van der Waals surface area contributed by atoms with Gasteiger partial charge in [0.2, 0.25) is 0 Å². The Morgan fingerprint density at radius 3 is 2.27 bits per heavy atom. The molecule has 0 fully saturated rings. The standard InChI is InChI=1S/C32H31F3N4O6/c33-32(34,35)45-28-16-12-26(13-17-28)37-29(21-39(43)44)38(27-14-10-24(11-15-27)23-4-2-1-3-5-23)20-22-6-8-25(9-7-22)31(42)36-19-18-30(40)41/h4,6-17H,1-3,5,18-21H2,(H,36,42)(H,40,41). The summed E-state index contributed by atoms with van der Waals surface area (Å²) < 4.78 is 41.8. The fraction of sp³-hybridized carbons (Fsp3) is 0.281. The highest BCUT2D eigenvalue weighted by molar-refractivity contribution is 6.00. The summed E-state index contributed by atoms with van der Waals surface area (Å²) in [5.41, 5.74) is 4.05. The van der Waals surface area contributed by atoms with Crippen LogP contribution in [-0.4, -0.2) is 47.2 Å². The molecule has 0 spiro atoms. The smallest absolute Gasteiger partial charge is 0.481 e. The summed E-state index contributed by atoms with van der Waals surface area (Å²) in [5.74, 6) is -1.90. The van der Waals surface area contributed by atoms with E-state index in [0.717, 1.165) is 43.4 Å². The molecule has 3 aromatic carbocycles. The van der Waals surface area contributed by atoms with Crippen molar-refractivity contribution in [2.45, 2.75) is 45.0 Å². The van der Waals surface area contributed by atoms with Crippen molar-refractivity contribution in [3.05, 3.63) is 106 Å². The van der Waals surface area contributed by atoms with Crippen LogP contribution in [0.4, 0.5) is 24.5 Å². The molecule has 0 aliphatic heterocycles. The predicted octanol–water partition coefficient (Wildman–Crippen LogP) is 6.76. The lowest BCUT2D eigenvalue weighted by molar-refractivity contribution is -0.463. The monoisotopic (exact) mass is 624 g/mol. The summed E-state index contributed by atoms with van der Waals surface area (Å²) in [6.07, 6.45) is 1.33.